The third-order valence-electron chi connectivity index (χ3n) is 2.69. The smallest absolute Gasteiger partial charge is 0.120 e. The van der Waals surface area contributed by atoms with Gasteiger partial charge in [-0.1, -0.05) is 12.1 Å². The average molecular weight is 339 g/mol. The van der Waals surface area contributed by atoms with Crippen molar-refractivity contribution < 1.29 is 9.47 Å². The first-order valence-electron chi connectivity index (χ1n) is 5.82. The second-order valence-corrected chi connectivity index (χ2v) is 5.80. The van der Waals surface area contributed by atoms with Crippen molar-refractivity contribution in [3.05, 3.63) is 52.5 Å². The molecule has 2 nitrogen and oxygen atoms in total. The summed E-state index contributed by atoms with van der Waals surface area (Å²) in [5.41, 5.74) is 1.26. The van der Waals surface area contributed by atoms with E-state index in [1.165, 1.54) is 10.5 Å². The number of halogens is 1. The van der Waals surface area contributed by atoms with Crippen LogP contribution in [0.5, 0.6) is 11.5 Å². The topological polar surface area (TPSA) is 18.5 Å². The van der Waals surface area contributed by atoms with E-state index in [4.69, 9.17) is 9.47 Å². The Balaban J connectivity index is 2.05. The van der Waals surface area contributed by atoms with Gasteiger partial charge in [-0.25, -0.2) is 0 Å². The fourth-order valence-corrected chi connectivity index (χ4v) is 3.11. The minimum atomic E-state index is 0.875. The summed E-state index contributed by atoms with van der Waals surface area (Å²) in [6.07, 6.45) is 0. The van der Waals surface area contributed by atoms with E-state index in [2.05, 4.69) is 28.1 Å². The third-order valence-corrected chi connectivity index (χ3v) is 4.77. The zero-order chi connectivity index (χ0) is 13.7. The molecule has 2 aromatic carbocycles. The third kappa shape index (κ3) is 3.91. The van der Waals surface area contributed by atoms with Gasteiger partial charge in [-0.3, -0.25) is 0 Å². The van der Waals surface area contributed by atoms with Crippen molar-refractivity contribution in [3.8, 4) is 11.5 Å². The maximum Gasteiger partial charge on any atom is 0.120 e. The number of rotatable bonds is 5. The molecule has 0 aliphatic carbocycles. The molecule has 0 aromatic heterocycles. The van der Waals surface area contributed by atoms with E-state index in [-0.39, 0.29) is 0 Å². The van der Waals surface area contributed by atoms with Crippen LogP contribution in [0.15, 0.2) is 51.8 Å². The number of ether oxygens (including phenoxy) is 2. The second kappa shape index (κ2) is 6.87. The Morgan fingerprint density at radius 2 is 1.58 bits per heavy atom. The van der Waals surface area contributed by atoms with Gasteiger partial charge in [0.05, 0.1) is 14.2 Å². The zero-order valence-corrected chi connectivity index (χ0v) is 13.3. The van der Waals surface area contributed by atoms with Gasteiger partial charge in [0.15, 0.2) is 0 Å². The first-order chi connectivity index (χ1) is 9.22. The molecule has 0 saturated heterocycles. The summed E-state index contributed by atoms with van der Waals surface area (Å²) in [4.78, 5) is 1.18. The van der Waals surface area contributed by atoms with Crippen molar-refractivity contribution in [1.82, 2.24) is 0 Å². The van der Waals surface area contributed by atoms with Gasteiger partial charge in [-0.05, 0) is 51.8 Å². The van der Waals surface area contributed by atoms with Crippen molar-refractivity contribution in [3.63, 3.8) is 0 Å². The Morgan fingerprint density at radius 1 is 0.947 bits per heavy atom. The van der Waals surface area contributed by atoms with E-state index in [1.807, 2.05) is 30.3 Å². The molecule has 19 heavy (non-hydrogen) atoms. The van der Waals surface area contributed by atoms with Crippen LogP contribution in [0.4, 0.5) is 0 Å². The van der Waals surface area contributed by atoms with Crippen molar-refractivity contribution in [1.29, 1.82) is 0 Å². The van der Waals surface area contributed by atoms with Crippen LogP contribution < -0.4 is 9.47 Å². The molecule has 0 aliphatic rings. The van der Waals surface area contributed by atoms with Crippen LogP contribution in [0.3, 0.4) is 0 Å². The molecule has 0 bridgehead atoms. The quantitative estimate of drug-likeness (QED) is 0.732. The van der Waals surface area contributed by atoms with Gasteiger partial charge in [-0.15, -0.1) is 11.8 Å². The summed E-state index contributed by atoms with van der Waals surface area (Å²) in [5.74, 6) is 2.67. The van der Waals surface area contributed by atoms with Crippen LogP contribution in [0.1, 0.15) is 5.56 Å². The zero-order valence-electron chi connectivity index (χ0n) is 10.9. The van der Waals surface area contributed by atoms with Crippen LogP contribution >= 0.6 is 27.7 Å². The largest absolute Gasteiger partial charge is 0.497 e. The van der Waals surface area contributed by atoms with Crippen molar-refractivity contribution >= 4 is 27.7 Å². The molecule has 0 radical (unpaired) electrons. The number of hydrogen-bond donors (Lipinski definition) is 0. The minimum Gasteiger partial charge on any atom is -0.497 e. The number of hydrogen-bond acceptors (Lipinski definition) is 3. The standard InChI is InChI=1S/C15H15BrO2S/c1-17-12-5-3-11(4-6-12)10-19-15-9-13(18-2)7-8-14(15)16/h3-9H,10H2,1-2H3. The number of methoxy groups -OCH3 is 2. The summed E-state index contributed by atoms with van der Waals surface area (Å²) in [6, 6.07) is 14.1. The van der Waals surface area contributed by atoms with Crippen LogP contribution in [0, 0.1) is 0 Å². The molecule has 0 amide bonds. The van der Waals surface area contributed by atoms with Gasteiger partial charge >= 0.3 is 0 Å². The highest BCUT2D eigenvalue weighted by atomic mass is 79.9. The summed E-state index contributed by atoms with van der Waals surface area (Å²) >= 11 is 5.34. The highest BCUT2D eigenvalue weighted by Gasteiger charge is 2.04. The SMILES string of the molecule is COc1ccc(CSc2cc(OC)ccc2Br)cc1. The highest BCUT2D eigenvalue weighted by Crippen LogP contribution is 2.33. The van der Waals surface area contributed by atoms with Gasteiger partial charge in [0.1, 0.15) is 11.5 Å². The van der Waals surface area contributed by atoms with Crippen molar-refractivity contribution in [2.75, 3.05) is 14.2 Å². The Labute approximate surface area is 126 Å². The first kappa shape index (κ1) is 14.3. The molecule has 0 saturated carbocycles. The lowest BCUT2D eigenvalue weighted by Crippen LogP contribution is -1.86. The second-order valence-electron chi connectivity index (χ2n) is 3.93. The van der Waals surface area contributed by atoms with Crippen molar-refractivity contribution in [2.45, 2.75) is 10.6 Å². The fraction of sp³-hybridized carbons (Fsp3) is 0.200. The molecular formula is C15H15BrO2S. The fourth-order valence-electron chi connectivity index (χ4n) is 1.60. The van der Waals surface area contributed by atoms with E-state index < -0.39 is 0 Å². The van der Waals surface area contributed by atoms with E-state index >= 15 is 0 Å². The molecule has 100 valence electrons. The van der Waals surface area contributed by atoms with Crippen LogP contribution in [-0.2, 0) is 5.75 Å². The summed E-state index contributed by atoms with van der Waals surface area (Å²) < 4.78 is 11.5. The predicted molar refractivity (Wildman–Crippen MR) is 83.2 cm³/mol. The molecule has 0 aliphatic heterocycles. The average Bonchev–Trinajstić information content (AvgIpc) is 2.47. The number of benzene rings is 2. The van der Waals surface area contributed by atoms with E-state index in [9.17, 15) is 0 Å². The molecule has 4 heteroatoms. The predicted octanol–water partition coefficient (Wildman–Crippen LogP) is 4.76. The molecule has 2 aromatic rings. The van der Waals surface area contributed by atoms with Gasteiger partial charge in [0.2, 0.25) is 0 Å². The highest BCUT2D eigenvalue weighted by molar-refractivity contribution is 9.10. The van der Waals surface area contributed by atoms with Crippen LogP contribution in [0.2, 0.25) is 0 Å². The maximum atomic E-state index is 5.24. The van der Waals surface area contributed by atoms with Crippen LogP contribution in [-0.4, -0.2) is 14.2 Å². The molecule has 0 fully saturated rings. The molecule has 0 heterocycles. The molecule has 0 unspecified atom stereocenters. The van der Waals surface area contributed by atoms with Gasteiger partial charge < -0.3 is 9.47 Å². The Kier molecular flexibility index (Phi) is 5.16. The van der Waals surface area contributed by atoms with E-state index in [0.717, 1.165) is 21.7 Å². The lowest BCUT2D eigenvalue weighted by molar-refractivity contribution is 0.413. The molecule has 0 N–H and O–H groups in total. The monoisotopic (exact) mass is 338 g/mol. The maximum absolute atomic E-state index is 5.24. The van der Waals surface area contributed by atoms with Gasteiger partial charge in [0.25, 0.3) is 0 Å². The van der Waals surface area contributed by atoms with Crippen molar-refractivity contribution in [2.24, 2.45) is 0 Å². The Morgan fingerprint density at radius 3 is 2.21 bits per heavy atom. The van der Waals surface area contributed by atoms with Gasteiger partial charge in [-0.2, -0.15) is 0 Å². The lowest BCUT2D eigenvalue weighted by atomic mass is 10.2. The molecule has 0 spiro atoms. The molecule has 2 rings (SSSR count). The summed E-state index contributed by atoms with van der Waals surface area (Å²) in [7, 11) is 3.36. The Hall–Kier alpha value is -1.13. The number of thioether (sulfide) groups is 1. The van der Waals surface area contributed by atoms with Crippen LogP contribution in [0.25, 0.3) is 0 Å². The summed E-state index contributed by atoms with van der Waals surface area (Å²) in [6.45, 7) is 0. The molecular weight excluding hydrogens is 324 g/mol. The van der Waals surface area contributed by atoms with Gasteiger partial charge in [0, 0.05) is 15.1 Å². The van der Waals surface area contributed by atoms with E-state index in [1.54, 1.807) is 26.0 Å². The minimum absolute atomic E-state index is 0.875. The Bertz CT molecular complexity index is 540. The van der Waals surface area contributed by atoms with E-state index in [0.29, 0.717) is 0 Å². The molecule has 0 atom stereocenters. The first-order valence-corrected chi connectivity index (χ1v) is 7.60. The normalized spacial score (nSPS) is 10.3. The lowest BCUT2D eigenvalue weighted by Gasteiger charge is -2.07. The summed E-state index contributed by atoms with van der Waals surface area (Å²) in [5, 5.41) is 0.